The second-order valence-corrected chi connectivity index (χ2v) is 9.85. The number of anilines is 3. The van der Waals surface area contributed by atoms with Gasteiger partial charge in [-0.1, -0.05) is 6.92 Å². The van der Waals surface area contributed by atoms with Crippen LogP contribution in [0.5, 0.6) is 0 Å². The van der Waals surface area contributed by atoms with Gasteiger partial charge in [-0.25, -0.2) is 31.6 Å². The van der Waals surface area contributed by atoms with Crippen molar-refractivity contribution in [3.8, 4) is 0 Å². The normalized spacial score (nSPS) is 11.7. The van der Waals surface area contributed by atoms with Gasteiger partial charge in [0.25, 0.3) is 5.91 Å². The lowest BCUT2D eigenvalue weighted by Crippen LogP contribution is -2.20. The highest BCUT2D eigenvalue weighted by Gasteiger charge is 2.25. The molecule has 2 aromatic heterocycles. The number of carbonyl (C=O) groups excluding carboxylic acids is 1. The van der Waals surface area contributed by atoms with Crippen molar-refractivity contribution in [3.63, 3.8) is 0 Å². The molecule has 0 aliphatic heterocycles. The molecule has 0 aliphatic carbocycles. The van der Waals surface area contributed by atoms with E-state index in [2.05, 4.69) is 15.3 Å². The summed E-state index contributed by atoms with van der Waals surface area (Å²) in [5, 5.41) is 6.53. The van der Waals surface area contributed by atoms with Crippen molar-refractivity contribution in [1.82, 2.24) is 9.97 Å². The monoisotopic (exact) mass is 487 g/mol. The summed E-state index contributed by atoms with van der Waals surface area (Å²) in [7, 11) is -3.98. The van der Waals surface area contributed by atoms with Crippen molar-refractivity contribution in [1.29, 1.82) is 0 Å². The number of thiophene rings is 1. The molecule has 13 heteroatoms. The van der Waals surface area contributed by atoms with Crippen molar-refractivity contribution in [3.05, 3.63) is 40.8 Å². The van der Waals surface area contributed by atoms with Gasteiger partial charge >= 0.3 is 0 Å². The summed E-state index contributed by atoms with van der Waals surface area (Å²) < 4.78 is 69.5. The van der Waals surface area contributed by atoms with Gasteiger partial charge in [-0.3, -0.25) is 9.52 Å². The number of hydrogen-bond acceptors (Lipinski definition) is 7. The van der Waals surface area contributed by atoms with Crippen LogP contribution in [0.4, 0.5) is 30.4 Å². The summed E-state index contributed by atoms with van der Waals surface area (Å²) in [6.07, 6.45) is 1.46. The number of amides is 1. The summed E-state index contributed by atoms with van der Waals surface area (Å²) in [5.41, 5.74) is -1.69. The van der Waals surface area contributed by atoms with Crippen LogP contribution in [0, 0.1) is 17.5 Å². The van der Waals surface area contributed by atoms with Gasteiger partial charge in [0.05, 0.1) is 27.2 Å². The minimum Gasteiger partial charge on any atom is -0.367 e. The molecule has 172 valence electrons. The second kappa shape index (κ2) is 9.28. The number of nitrogens with one attached hydrogen (secondary N) is 3. The Bertz CT molecular complexity index is 1280. The number of hydrogen-bond donors (Lipinski definition) is 3. The van der Waals surface area contributed by atoms with Gasteiger partial charge < -0.3 is 10.6 Å². The van der Waals surface area contributed by atoms with Gasteiger partial charge in [0.2, 0.25) is 10.0 Å². The molecule has 1 amide bonds. The zero-order valence-electron chi connectivity index (χ0n) is 17.3. The molecule has 0 saturated carbocycles. The molecular formula is C19H20F3N5O3S2. The van der Waals surface area contributed by atoms with Crippen LogP contribution in [0.3, 0.4) is 0 Å². The first-order valence-corrected chi connectivity index (χ1v) is 12.0. The van der Waals surface area contributed by atoms with Gasteiger partial charge in [0.1, 0.15) is 17.8 Å². The van der Waals surface area contributed by atoms with E-state index in [1.807, 2.05) is 23.9 Å². The number of benzene rings is 1. The molecule has 32 heavy (non-hydrogen) atoms. The minimum atomic E-state index is -3.98. The Hall–Kier alpha value is -2.93. The van der Waals surface area contributed by atoms with E-state index < -0.39 is 44.8 Å². The Morgan fingerprint density at radius 1 is 1.19 bits per heavy atom. The first-order chi connectivity index (χ1) is 15.0. The van der Waals surface area contributed by atoms with Crippen LogP contribution < -0.4 is 15.4 Å². The highest BCUT2D eigenvalue weighted by molar-refractivity contribution is 7.92. The lowest BCUT2D eigenvalue weighted by molar-refractivity contribution is 0.102. The van der Waals surface area contributed by atoms with Gasteiger partial charge in [-0.2, -0.15) is 0 Å². The van der Waals surface area contributed by atoms with E-state index in [-0.39, 0.29) is 29.3 Å². The van der Waals surface area contributed by atoms with Gasteiger partial charge in [-0.15, -0.1) is 11.3 Å². The summed E-state index contributed by atoms with van der Waals surface area (Å²) in [6, 6.07) is 0.433. The molecule has 3 N–H and O–H groups in total. The molecular weight excluding hydrogens is 467 g/mol. The second-order valence-electron chi connectivity index (χ2n) is 7.13. The maximum Gasteiger partial charge on any atom is 0.258 e. The summed E-state index contributed by atoms with van der Waals surface area (Å²) in [5.74, 6) is -5.45. The molecule has 0 unspecified atom stereocenters. The predicted molar refractivity (Wildman–Crippen MR) is 118 cm³/mol. The van der Waals surface area contributed by atoms with E-state index >= 15 is 0 Å². The fourth-order valence-corrected chi connectivity index (χ4v) is 4.92. The van der Waals surface area contributed by atoms with Crippen LogP contribution in [0.2, 0.25) is 0 Å². The topological polar surface area (TPSA) is 113 Å². The molecule has 8 nitrogen and oxygen atoms in total. The number of halogens is 3. The molecule has 0 saturated heterocycles. The maximum atomic E-state index is 14.8. The van der Waals surface area contributed by atoms with Crippen LogP contribution in [0.25, 0.3) is 10.2 Å². The highest BCUT2D eigenvalue weighted by Crippen LogP contribution is 2.32. The summed E-state index contributed by atoms with van der Waals surface area (Å²) in [4.78, 5) is 20.9. The number of nitrogens with zero attached hydrogens (tertiary/aromatic N) is 2. The maximum absolute atomic E-state index is 14.8. The molecule has 0 spiro atoms. The molecule has 0 fully saturated rings. The minimum absolute atomic E-state index is 0.00428. The van der Waals surface area contributed by atoms with Crippen LogP contribution in [0.1, 0.15) is 37.6 Å². The zero-order chi connectivity index (χ0) is 23.6. The molecule has 2 heterocycles. The third-order valence-electron chi connectivity index (χ3n) is 4.16. The fraction of sp³-hybridized carbons (Fsp3) is 0.316. The van der Waals surface area contributed by atoms with Crippen LogP contribution in [-0.4, -0.2) is 36.1 Å². The highest BCUT2D eigenvalue weighted by atomic mass is 32.2. The molecule has 0 bridgehead atoms. The van der Waals surface area contributed by atoms with Crippen molar-refractivity contribution < 1.29 is 26.4 Å². The number of sulfonamides is 1. The molecule has 3 aromatic rings. The number of aromatic nitrogens is 2. The quantitative estimate of drug-likeness (QED) is 0.408. The molecule has 0 atom stereocenters. The SMILES string of the molecule is CCCS(=O)(=O)Nc1cc(F)c(F)c(NC(=O)c2csc3c(NC(C)C)ncnc23)c1F. The van der Waals surface area contributed by atoms with Crippen LogP contribution >= 0.6 is 11.3 Å². The lowest BCUT2D eigenvalue weighted by Gasteiger charge is -2.13. The summed E-state index contributed by atoms with van der Waals surface area (Å²) >= 11 is 1.15. The molecule has 0 radical (unpaired) electrons. The van der Waals surface area contributed by atoms with Crippen molar-refractivity contribution in [2.24, 2.45) is 0 Å². The summed E-state index contributed by atoms with van der Waals surface area (Å²) in [6.45, 7) is 5.39. The molecule has 3 rings (SSSR count). The van der Waals surface area contributed by atoms with Crippen molar-refractivity contribution >= 4 is 54.7 Å². The van der Waals surface area contributed by atoms with Gasteiger partial charge in [0, 0.05) is 17.5 Å². The Morgan fingerprint density at radius 3 is 2.56 bits per heavy atom. The van der Waals surface area contributed by atoms with E-state index in [1.54, 1.807) is 6.92 Å². The van der Waals surface area contributed by atoms with E-state index in [1.165, 1.54) is 11.7 Å². The predicted octanol–water partition coefficient (Wildman–Crippen LogP) is 4.33. The average Bonchev–Trinajstić information content (AvgIpc) is 3.14. The zero-order valence-corrected chi connectivity index (χ0v) is 18.9. The third kappa shape index (κ3) is 4.93. The lowest BCUT2D eigenvalue weighted by atomic mass is 10.2. The molecule has 0 aliphatic rings. The standard InChI is InChI=1S/C19H20F3N5O3S2/c1-4-5-32(29,30)27-12-6-11(20)13(21)16(14(12)22)26-19(28)10-7-31-17-15(10)23-8-24-18(17)25-9(2)3/h6-9,27H,4-5H2,1-3H3,(H,26,28)(H,23,24,25). The number of rotatable bonds is 8. The largest absolute Gasteiger partial charge is 0.367 e. The first-order valence-electron chi connectivity index (χ1n) is 9.52. The van der Waals surface area contributed by atoms with E-state index in [9.17, 15) is 26.4 Å². The Kier molecular flexibility index (Phi) is 6.88. The fourth-order valence-electron chi connectivity index (χ4n) is 2.84. The first kappa shape index (κ1) is 23.7. The Morgan fingerprint density at radius 2 is 1.91 bits per heavy atom. The number of carbonyl (C=O) groups is 1. The van der Waals surface area contributed by atoms with E-state index in [4.69, 9.17) is 0 Å². The van der Waals surface area contributed by atoms with Crippen molar-refractivity contribution in [2.75, 3.05) is 21.1 Å². The third-order valence-corrected chi connectivity index (χ3v) is 6.61. The number of fused-ring (bicyclic) bond motifs is 1. The van der Waals surface area contributed by atoms with Crippen molar-refractivity contribution in [2.45, 2.75) is 33.2 Å². The average molecular weight is 488 g/mol. The molecule has 1 aromatic carbocycles. The Labute approximate surface area is 186 Å². The van der Waals surface area contributed by atoms with E-state index in [0.717, 1.165) is 11.3 Å². The van der Waals surface area contributed by atoms with Crippen LogP contribution in [-0.2, 0) is 10.0 Å². The van der Waals surface area contributed by atoms with Gasteiger partial charge in [-0.05, 0) is 20.3 Å². The van der Waals surface area contributed by atoms with Crippen LogP contribution in [0.15, 0.2) is 17.8 Å². The Balaban J connectivity index is 1.98. The smallest absolute Gasteiger partial charge is 0.258 e. The van der Waals surface area contributed by atoms with E-state index in [0.29, 0.717) is 16.6 Å². The van der Waals surface area contributed by atoms with Gasteiger partial charge in [0.15, 0.2) is 17.5 Å².